The molecule has 1 spiro atoms. The number of nitrogens with one attached hydrogen (secondary N) is 1. The molecule has 1 aromatic carbocycles. The van der Waals surface area contributed by atoms with Gasteiger partial charge in [-0.3, -0.25) is 14.4 Å². The largest absolute Gasteiger partial charge is 0.358 e. The average molecular weight is 329 g/mol. The molecule has 0 aromatic heterocycles. The lowest BCUT2D eigenvalue weighted by atomic mass is 9.86. The predicted octanol–water partition coefficient (Wildman–Crippen LogP) is 0.698. The van der Waals surface area contributed by atoms with E-state index >= 15 is 0 Å². The van der Waals surface area contributed by atoms with Crippen LogP contribution >= 0.6 is 0 Å². The van der Waals surface area contributed by atoms with E-state index in [2.05, 4.69) is 5.32 Å². The molecule has 24 heavy (non-hydrogen) atoms. The van der Waals surface area contributed by atoms with E-state index < -0.39 is 5.54 Å². The van der Waals surface area contributed by atoms with Crippen molar-refractivity contribution in [2.24, 2.45) is 0 Å². The van der Waals surface area contributed by atoms with Crippen molar-refractivity contribution in [1.29, 1.82) is 0 Å². The lowest BCUT2D eigenvalue weighted by Crippen LogP contribution is -2.59. The maximum Gasteiger partial charge on any atom is 0.249 e. The second-order valence-electron chi connectivity index (χ2n) is 6.59. The summed E-state index contributed by atoms with van der Waals surface area (Å²) in [4.78, 5) is 40.7. The lowest BCUT2D eigenvalue weighted by Gasteiger charge is -2.38. The van der Waals surface area contributed by atoms with Crippen molar-refractivity contribution in [2.45, 2.75) is 38.3 Å². The third-order valence-corrected chi connectivity index (χ3v) is 5.13. The molecule has 1 N–H and O–H groups in total. The van der Waals surface area contributed by atoms with Gasteiger partial charge in [0.25, 0.3) is 0 Å². The lowest BCUT2D eigenvalue weighted by molar-refractivity contribution is -0.151. The molecule has 3 amide bonds. The maximum atomic E-state index is 13.4. The number of rotatable bonds is 2. The molecule has 2 aliphatic rings. The highest BCUT2D eigenvalue weighted by molar-refractivity contribution is 5.94. The summed E-state index contributed by atoms with van der Waals surface area (Å²) >= 11 is 0. The van der Waals surface area contributed by atoms with Crippen molar-refractivity contribution in [2.75, 3.05) is 20.1 Å². The zero-order chi connectivity index (χ0) is 17.3. The van der Waals surface area contributed by atoms with Crippen LogP contribution in [0.4, 0.5) is 0 Å². The van der Waals surface area contributed by atoms with Crippen LogP contribution in [0, 0.1) is 0 Å². The second-order valence-corrected chi connectivity index (χ2v) is 6.59. The minimum atomic E-state index is -0.855. The van der Waals surface area contributed by atoms with Crippen LogP contribution in [0.1, 0.15) is 30.9 Å². The molecule has 0 radical (unpaired) electrons. The molecule has 1 fully saturated rings. The van der Waals surface area contributed by atoms with Gasteiger partial charge in [-0.15, -0.1) is 0 Å². The first-order valence-corrected chi connectivity index (χ1v) is 8.33. The summed E-state index contributed by atoms with van der Waals surface area (Å²) in [7, 11) is 1.56. The smallest absolute Gasteiger partial charge is 0.249 e. The molecular weight excluding hydrogens is 306 g/mol. The van der Waals surface area contributed by atoms with Crippen LogP contribution < -0.4 is 5.32 Å². The number of hydrogen-bond donors (Lipinski definition) is 1. The van der Waals surface area contributed by atoms with Gasteiger partial charge < -0.3 is 15.1 Å². The fourth-order valence-electron chi connectivity index (χ4n) is 3.97. The Morgan fingerprint density at radius 2 is 1.96 bits per heavy atom. The van der Waals surface area contributed by atoms with Crippen LogP contribution in [-0.4, -0.2) is 53.2 Å². The molecule has 2 aliphatic heterocycles. The fraction of sp³-hybridized carbons (Fsp3) is 0.500. The van der Waals surface area contributed by atoms with E-state index in [4.69, 9.17) is 0 Å². The molecule has 128 valence electrons. The molecule has 1 aromatic rings. The number of likely N-dealkylation sites (tertiary alicyclic amines) is 1. The van der Waals surface area contributed by atoms with Gasteiger partial charge in [-0.2, -0.15) is 0 Å². The van der Waals surface area contributed by atoms with Crippen molar-refractivity contribution < 1.29 is 14.4 Å². The first-order chi connectivity index (χ1) is 11.5. The van der Waals surface area contributed by atoms with E-state index in [-0.39, 0.29) is 24.3 Å². The number of hydrogen-bond acceptors (Lipinski definition) is 3. The minimum absolute atomic E-state index is 0.0111. The highest BCUT2D eigenvalue weighted by Crippen LogP contribution is 2.38. The Hall–Kier alpha value is -2.37. The normalized spacial score (nSPS) is 23.2. The van der Waals surface area contributed by atoms with Crippen molar-refractivity contribution >= 4 is 17.7 Å². The summed E-state index contributed by atoms with van der Waals surface area (Å²) < 4.78 is 0. The van der Waals surface area contributed by atoms with E-state index in [0.29, 0.717) is 25.9 Å². The summed E-state index contributed by atoms with van der Waals surface area (Å²) in [5, 5.41) is 2.58. The summed E-state index contributed by atoms with van der Waals surface area (Å²) in [6.45, 7) is 2.52. The number of nitrogens with zero attached hydrogens (tertiary/aromatic N) is 2. The highest BCUT2D eigenvalue weighted by Gasteiger charge is 2.52. The monoisotopic (exact) mass is 329 g/mol. The Labute approximate surface area is 141 Å². The molecule has 1 unspecified atom stereocenters. The van der Waals surface area contributed by atoms with Gasteiger partial charge in [0.2, 0.25) is 17.7 Å². The molecule has 0 bridgehead atoms. The summed E-state index contributed by atoms with van der Waals surface area (Å²) in [6.07, 6.45) is 1.97. The number of benzene rings is 1. The van der Waals surface area contributed by atoms with Gasteiger partial charge in [-0.05, 0) is 24.0 Å². The van der Waals surface area contributed by atoms with Crippen LogP contribution in [0.2, 0.25) is 0 Å². The topological polar surface area (TPSA) is 69.7 Å². The minimum Gasteiger partial charge on any atom is -0.358 e. The van der Waals surface area contributed by atoms with Gasteiger partial charge in [-0.25, -0.2) is 0 Å². The first kappa shape index (κ1) is 16.5. The summed E-state index contributed by atoms with van der Waals surface area (Å²) in [5.74, 6) is -0.402. The Bertz CT molecular complexity index is 688. The summed E-state index contributed by atoms with van der Waals surface area (Å²) in [6, 6.07) is 7.91. The van der Waals surface area contributed by atoms with E-state index in [1.54, 1.807) is 16.8 Å². The Morgan fingerprint density at radius 1 is 1.25 bits per heavy atom. The molecule has 1 atom stereocenters. The van der Waals surface area contributed by atoms with Gasteiger partial charge in [0.15, 0.2) is 0 Å². The van der Waals surface area contributed by atoms with Gasteiger partial charge in [-0.1, -0.05) is 24.3 Å². The van der Waals surface area contributed by atoms with Crippen LogP contribution in [0.5, 0.6) is 0 Å². The zero-order valence-electron chi connectivity index (χ0n) is 14.2. The third kappa shape index (κ3) is 2.66. The van der Waals surface area contributed by atoms with Gasteiger partial charge >= 0.3 is 0 Å². The number of amides is 3. The van der Waals surface area contributed by atoms with Crippen molar-refractivity contribution in [3.63, 3.8) is 0 Å². The molecule has 6 heteroatoms. The van der Waals surface area contributed by atoms with E-state index in [1.165, 1.54) is 6.92 Å². The van der Waals surface area contributed by atoms with Gasteiger partial charge in [0.1, 0.15) is 5.54 Å². The molecule has 3 rings (SSSR count). The Kier molecular flexibility index (Phi) is 4.30. The van der Waals surface area contributed by atoms with Crippen LogP contribution in [0.15, 0.2) is 24.3 Å². The number of carbonyl (C=O) groups excluding carboxylic acids is 3. The van der Waals surface area contributed by atoms with Crippen molar-refractivity contribution in [1.82, 2.24) is 15.1 Å². The van der Waals surface area contributed by atoms with E-state index in [0.717, 1.165) is 17.5 Å². The number of fused-ring (bicyclic) bond motifs is 1. The highest BCUT2D eigenvalue weighted by atomic mass is 16.2. The molecule has 0 saturated carbocycles. The number of carbonyl (C=O) groups is 3. The average Bonchev–Trinajstić information content (AvgIpc) is 2.95. The standard InChI is InChI=1S/C18H23N3O3/c1-13(22)21-9-5-8-18(21)10-14-6-3-4-7-15(14)11-20(17(18)24)12-16(23)19-2/h3-4,6-7H,5,8-12H2,1-2H3,(H,19,23). The fourth-order valence-corrected chi connectivity index (χ4v) is 3.97. The Balaban J connectivity index is 2.06. The number of likely N-dealkylation sites (N-methyl/N-ethyl adjacent to an activating group) is 1. The molecule has 0 aliphatic carbocycles. The molecule has 2 heterocycles. The van der Waals surface area contributed by atoms with Crippen molar-refractivity contribution in [3.8, 4) is 0 Å². The van der Waals surface area contributed by atoms with Crippen molar-refractivity contribution in [3.05, 3.63) is 35.4 Å². The molecule has 1 saturated heterocycles. The SMILES string of the molecule is CNC(=O)CN1Cc2ccccc2CC2(CCCN2C(C)=O)C1=O. The third-order valence-electron chi connectivity index (χ3n) is 5.13. The Morgan fingerprint density at radius 3 is 2.62 bits per heavy atom. The van der Waals surface area contributed by atoms with E-state index in [9.17, 15) is 14.4 Å². The van der Waals surface area contributed by atoms with Crippen LogP contribution in [0.25, 0.3) is 0 Å². The van der Waals surface area contributed by atoms with Crippen LogP contribution in [0.3, 0.4) is 0 Å². The predicted molar refractivity (Wildman–Crippen MR) is 89.0 cm³/mol. The molecular formula is C18H23N3O3. The van der Waals surface area contributed by atoms with Gasteiger partial charge in [0, 0.05) is 33.5 Å². The van der Waals surface area contributed by atoms with Crippen LogP contribution in [-0.2, 0) is 27.3 Å². The van der Waals surface area contributed by atoms with E-state index in [1.807, 2.05) is 24.3 Å². The summed E-state index contributed by atoms with van der Waals surface area (Å²) in [5.41, 5.74) is 1.27. The quantitative estimate of drug-likeness (QED) is 0.868. The molecule has 6 nitrogen and oxygen atoms in total. The zero-order valence-corrected chi connectivity index (χ0v) is 14.2. The maximum absolute atomic E-state index is 13.4. The first-order valence-electron chi connectivity index (χ1n) is 8.33. The van der Waals surface area contributed by atoms with Gasteiger partial charge in [0.05, 0.1) is 6.54 Å². The second kappa shape index (κ2) is 6.26.